The van der Waals surface area contributed by atoms with Crippen LogP contribution in [0.25, 0.3) is 0 Å². The van der Waals surface area contributed by atoms with Crippen LogP contribution < -0.4 is 21.7 Å². The van der Waals surface area contributed by atoms with E-state index >= 15 is 0 Å². The average molecular weight is 581 g/mol. The Morgan fingerprint density at radius 2 is 1.37 bits per heavy atom. The van der Waals surface area contributed by atoms with Crippen LogP contribution in [0.3, 0.4) is 0 Å². The fraction of sp³-hybridized carbons (Fsp3) is 0.345. The number of nitrogens with zero attached hydrogens (tertiary/aromatic N) is 1. The summed E-state index contributed by atoms with van der Waals surface area (Å²) < 4.78 is 0. The highest BCUT2D eigenvalue weighted by molar-refractivity contribution is 7.98. The van der Waals surface area contributed by atoms with Gasteiger partial charge in [-0.15, -0.1) is 0 Å². The lowest BCUT2D eigenvalue weighted by Crippen LogP contribution is -2.58. The Kier molecular flexibility index (Phi) is 12.4. The first-order valence-electron chi connectivity index (χ1n) is 13.2. The van der Waals surface area contributed by atoms with Crippen molar-refractivity contribution in [3.05, 3.63) is 90.0 Å². The number of carboxylic acids is 1. The molecule has 3 amide bonds. The summed E-state index contributed by atoms with van der Waals surface area (Å²) >= 11 is 1.47. The van der Waals surface area contributed by atoms with Gasteiger partial charge in [0.25, 0.3) is 0 Å². The number of nitrogens with two attached hydrogens (primary N) is 1. The maximum Gasteiger partial charge on any atom is 0.326 e. The summed E-state index contributed by atoms with van der Waals surface area (Å²) in [5.74, 6) is -2.40. The lowest BCUT2D eigenvalue weighted by Gasteiger charge is -2.25. The van der Waals surface area contributed by atoms with E-state index in [4.69, 9.17) is 5.73 Å². The molecule has 7 N–H and O–H groups in total. The van der Waals surface area contributed by atoms with Crippen LogP contribution in [0, 0.1) is 0 Å². The lowest BCUT2D eigenvalue weighted by atomic mass is 10.0. The van der Waals surface area contributed by atoms with Gasteiger partial charge in [0.2, 0.25) is 17.7 Å². The number of aromatic nitrogens is 2. The Morgan fingerprint density at radius 1 is 0.829 bits per heavy atom. The van der Waals surface area contributed by atoms with E-state index in [-0.39, 0.29) is 25.7 Å². The molecule has 1 heterocycles. The molecule has 0 radical (unpaired) electrons. The van der Waals surface area contributed by atoms with Gasteiger partial charge in [0.1, 0.15) is 18.1 Å². The predicted molar refractivity (Wildman–Crippen MR) is 157 cm³/mol. The zero-order chi connectivity index (χ0) is 29.6. The third-order valence-electron chi connectivity index (χ3n) is 6.39. The van der Waals surface area contributed by atoms with Crippen molar-refractivity contribution in [3.63, 3.8) is 0 Å². The molecule has 3 rings (SSSR count). The number of benzene rings is 2. The maximum atomic E-state index is 13.6. The number of hydrogen-bond donors (Lipinski definition) is 6. The molecule has 0 aliphatic rings. The summed E-state index contributed by atoms with van der Waals surface area (Å²) in [6, 6.07) is 14.1. The summed E-state index contributed by atoms with van der Waals surface area (Å²) in [7, 11) is 0. The summed E-state index contributed by atoms with van der Waals surface area (Å²) in [4.78, 5) is 58.6. The quantitative estimate of drug-likeness (QED) is 0.146. The standard InChI is InChI=1S/C29H36N6O5S/c1-41-13-12-23(29(39)40)33-27(37)24(15-20-10-6-3-7-11-20)35-28(38)25(16-21-17-31-18-32-21)34-26(36)22(30)14-19-8-4-2-5-9-19/h2-11,17-18,22-25H,12-16,30H2,1H3,(H,31,32)(H,33,37)(H,34,36)(H,35,38)(H,39,40). The molecule has 0 bridgehead atoms. The normalized spacial score (nSPS) is 13.8. The van der Waals surface area contributed by atoms with Gasteiger partial charge < -0.3 is 31.8 Å². The minimum absolute atomic E-state index is 0.0702. The minimum Gasteiger partial charge on any atom is -0.480 e. The van der Waals surface area contributed by atoms with Gasteiger partial charge in [-0.25, -0.2) is 9.78 Å². The van der Waals surface area contributed by atoms with Crippen LogP contribution in [-0.2, 0) is 38.4 Å². The summed E-state index contributed by atoms with van der Waals surface area (Å²) in [6.07, 6.45) is 5.53. The molecule has 1 aromatic heterocycles. The number of hydrogen-bond acceptors (Lipinski definition) is 7. The van der Waals surface area contributed by atoms with Gasteiger partial charge in [-0.3, -0.25) is 14.4 Å². The zero-order valence-electron chi connectivity index (χ0n) is 22.8. The number of amides is 3. The molecule has 0 spiro atoms. The van der Waals surface area contributed by atoms with E-state index in [1.54, 1.807) is 24.3 Å². The van der Waals surface area contributed by atoms with E-state index in [0.717, 1.165) is 11.1 Å². The van der Waals surface area contributed by atoms with Crippen LogP contribution in [0.5, 0.6) is 0 Å². The van der Waals surface area contributed by atoms with Gasteiger partial charge in [-0.05, 0) is 36.0 Å². The number of aromatic amines is 1. The Hall–Kier alpha value is -4.16. The first-order chi connectivity index (χ1) is 19.8. The van der Waals surface area contributed by atoms with E-state index in [1.165, 1.54) is 24.3 Å². The highest BCUT2D eigenvalue weighted by atomic mass is 32.2. The van der Waals surface area contributed by atoms with Gasteiger partial charge in [-0.2, -0.15) is 11.8 Å². The van der Waals surface area contributed by atoms with Crippen molar-refractivity contribution >= 4 is 35.5 Å². The van der Waals surface area contributed by atoms with Crippen molar-refractivity contribution in [3.8, 4) is 0 Å². The second-order valence-electron chi connectivity index (χ2n) is 9.57. The largest absolute Gasteiger partial charge is 0.480 e. The molecule has 0 aliphatic carbocycles. The van der Waals surface area contributed by atoms with Gasteiger partial charge in [0, 0.05) is 24.7 Å². The second kappa shape index (κ2) is 16.2. The van der Waals surface area contributed by atoms with E-state index in [2.05, 4.69) is 25.9 Å². The summed E-state index contributed by atoms with van der Waals surface area (Å²) in [6.45, 7) is 0. The van der Waals surface area contributed by atoms with Crippen molar-refractivity contribution in [1.29, 1.82) is 0 Å². The number of imidazole rings is 1. The van der Waals surface area contributed by atoms with E-state index in [0.29, 0.717) is 11.4 Å². The van der Waals surface area contributed by atoms with Crippen molar-refractivity contribution in [2.24, 2.45) is 5.73 Å². The Morgan fingerprint density at radius 3 is 1.90 bits per heavy atom. The highest BCUT2D eigenvalue weighted by Gasteiger charge is 2.31. The Balaban J connectivity index is 1.78. The molecule has 3 aromatic rings. The number of thioether (sulfide) groups is 1. The van der Waals surface area contributed by atoms with E-state index < -0.39 is 47.9 Å². The molecule has 0 fully saturated rings. The Bertz CT molecular complexity index is 1260. The molecule has 0 saturated heterocycles. The number of carboxylic acid groups (broad SMARTS) is 1. The molecular formula is C29H36N6O5S. The third-order valence-corrected chi connectivity index (χ3v) is 7.03. The van der Waals surface area contributed by atoms with Crippen LogP contribution in [0.15, 0.2) is 73.2 Å². The van der Waals surface area contributed by atoms with Crippen LogP contribution >= 0.6 is 11.8 Å². The molecule has 12 heteroatoms. The molecule has 218 valence electrons. The molecule has 4 unspecified atom stereocenters. The van der Waals surface area contributed by atoms with Crippen LogP contribution in [0.2, 0.25) is 0 Å². The first-order valence-corrected chi connectivity index (χ1v) is 14.6. The first kappa shape index (κ1) is 31.4. The van der Waals surface area contributed by atoms with Gasteiger partial charge in [0.05, 0.1) is 12.4 Å². The molecule has 41 heavy (non-hydrogen) atoms. The zero-order valence-corrected chi connectivity index (χ0v) is 23.6. The summed E-state index contributed by atoms with van der Waals surface area (Å²) in [5, 5.41) is 17.6. The van der Waals surface area contributed by atoms with Gasteiger partial charge in [-0.1, -0.05) is 60.7 Å². The predicted octanol–water partition coefficient (Wildman–Crippen LogP) is 1.06. The van der Waals surface area contributed by atoms with Crippen molar-refractivity contribution in [1.82, 2.24) is 25.9 Å². The van der Waals surface area contributed by atoms with Crippen molar-refractivity contribution < 1.29 is 24.3 Å². The second-order valence-corrected chi connectivity index (χ2v) is 10.6. The Labute approximate surface area is 243 Å². The van der Waals surface area contributed by atoms with Crippen molar-refractivity contribution in [2.75, 3.05) is 12.0 Å². The molecule has 0 aliphatic heterocycles. The number of carbonyl (C=O) groups excluding carboxylic acids is 3. The van der Waals surface area contributed by atoms with Crippen LogP contribution in [0.4, 0.5) is 0 Å². The molecule has 0 saturated carbocycles. The number of rotatable bonds is 16. The fourth-order valence-corrected chi connectivity index (χ4v) is 4.63. The van der Waals surface area contributed by atoms with E-state index in [1.807, 2.05) is 42.7 Å². The highest BCUT2D eigenvalue weighted by Crippen LogP contribution is 2.08. The molecule has 4 atom stereocenters. The lowest BCUT2D eigenvalue weighted by molar-refractivity contribution is -0.142. The van der Waals surface area contributed by atoms with Gasteiger partial charge in [0.15, 0.2) is 0 Å². The molecular weight excluding hydrogens is 544 g/mol. The number of carbonyl (C=O) groups is 4. The number of aliphatic carboxylic acids is 1. The van der Waals surface area contributed by atoms with Gasteiger partial charge >= 0.3 is 5.97 Å². The fourth-order valence-electron chi connectivity index (χ4n) is 4.16. The number of nitrogens with one attached hydrogen (secondary N) is 4. The number of H-pyrrole nitrogens is 1. The minimum atomic E-state index is -1.16. The molecule has 11 nitrogen and oxygen atoms in total. The monoisotopic (exact) mass is 580 g/mol. The maximum absolute atomic E-state index is 13.6. The topological polar surface area (TPSA) is 179 Å². The smallest absolute Gasteiger partial charge is 0.326 e. The SMILES string of the molecule is CSCCC(NC(=O)C(Cc1ccccc1)NC(=O)C(Cc1cnc[nH]1)NC(=O)C(N)Cc1ccccc1)C(=O)O. The van der Waals surface area contributed by atoms with Crippen molar-refractivity contribution in [2.45, 2.75) is 49.9 Å². The average Bonchev–Trinajstić information content (AvgIpc) is 3.48. The summed E-state index contributed by atoms with van der Waals surface area (Å²) in [5.41, 5.74) is 8.39. The van der Waals surface area contributed by atoms with Crippen LogP contribution in [-0.4, -0.2) is 74.9 Å². The molecule has 2 aromatic carbocycles. The van der Waals surface area contributed by atoms with E-state index in [9.17, 15) is 24.3 Å². The third kappa shape index (κ3) is 10.4. The van der Waals surface area contributed by atoms with Crippen LogP contribution in [0.1, 0.15) is 23.2 Å².